The molecule has 1 N–H and O–H groups in total. The normalized spacial score (nSPS) is 15.7. The molecule has 120 valence electrons. The highest BCUT2D eigenvalue weighted by Crippen LogP contribution is 2.40. The lowest BCUT2D eigenvalue weighted by Crippen LogP contribution is -2.33. The molecular weight excluding hydrogens is 302 g/mol. The maximum Gasteiger partial charge on any atom is 0.414 e. The number of benzene rings is 1. The van der Waals surface area contributed by atoms with Crippen LogP contribution in [-0.2, 0) is 17.6 Å². The van der Waals surface area contributed by atoms with Crippen LogP contribution in [0.15, 0.2) is 18.2 Å². The first kappa shape index (κ1) is 16.7. The summed E-state index contributed by atoms with van der Waals surface area (Å²) in [7, 11) is 1.37. The molecule has 1 aliphatic rings. The molecule has 0 spiro atoms. The number of hydrogen-bond acceptors (Lipinski definition) is 3. The van der Waals surface area contributed by atoms with E-state index < -0.39 is 6.09 Å². The predicted octanol–water partition coefficient (Wildman–Crippen LogP) is 4.46. The number of amides is 1. The Morgan fingerprint density at radius 2 is 2.23 bits per heavy atom. The summed E-state index contributed by atoms with van der Waals surface area (Å²) in [6.07, 6.45) is 7.67. The van der Waals surface area contributed by atoms with Crippen molar-refractivity contribution in [3.05, 3.63) is 34.4 Å². The van der Waals surface area contributed by atoms with Gasteiger partial charge in [-0.1, -0.05) is 37.1 Å². The number of anilines is 1. The van der Waals surface area contributed by atoms with Gasteiger partial charge in [-0.05, 0) is 37.3 Å². The fourth-order valence-electron chi connectivity index (χ4n) is 2.66. The van der Waals surface area contributed by atoms with Gasteiger partial charge in [-0.25, -0.2) is 4.79 Å². The standard InChI is InChI=1S/C17H22ClNO3/c1-3-4-8-12-11-14-13(16(20)15(12)18)9-6-5-7-10-19(14)17(21)22-2/h5-6,11,20H,3-4,7-10H2,1-2H3/b6-5-. The number of nitrogens with zero attached hydrogens (tertiary/aromatic N) is 1. The number of phenolic OH excluding ortho intramolecular Hbond substituents is 1. The van der Waals surface area contributed by atoms with Crippen LogP contribution in [0.5, 0.6) is 5.75 Å². The van der Waals surface area contributed by atoms with Gasteiger partial charge in [0.15, 0.2) is 0 Å². The number of aryl methyl sites for hydroxylation is 1. The van der Waals surface area contributed by atoms with E-state index in [0.717, 1.165) is 31.2 Å². The summed E-state index contributed by atoms with van der Waals surface area (Å²) in [6, 6.07) is 1.92. The minimum Gasteiger partial charge on any atom is -0.506 e. The number of unbranched alkanes of at least 4 members (excludes halogenated alkanes) is 1. The molecule has 1 aromatic rings. The smallest absolute Gasteiger partial charge is 0.414 e. The summed E-state index contributed by atoms with van der Waals surface area (Å²) < 4.78 is 4.88. The zero-order valence-electron chi connectivity index (χ0n) is 13.1. The quantitative estimate of drug-likeness (QED) is 0.835. The van der Waals surface area contributed by atoms with E-state index in [1.807, 2.05) is 18.2 Å². The van der Waals surface area contributed by atoms with Crippen LogP contribution in [0.2, 0.25) is 5.02 Å². The van der Waals surface area contributed by atoms with Crippen LogP contribution < -0.4 is 4.90 Å². The van der Waals surface area contributed by atoms with Crippen molar-refractivity contribution in [1.29, 1.82) is 0 Å². The minimum atomic E-state index is -0.417. The third kappa shape index (κ3) is 3.38. The molecule has 1 aliphatic heterocycles. The highest BCUT2D eigenvalue weighted by atomic mass is 35.5. The van der Waals surface area contributed by atoms with Crippen LogP contribution in [0.4, 0.5) is 10.5 Å². The first-order chi connectivity index (χ1) is 10.6. The van der Waals surface area contributed by atoms with E-state index >= 15 is 0 Å². The number of rotatable bonds is 3. The van der Waals surface area contributed by atoms with Gasteiger partial charge in [-0.3, -0.25) is 4.90 Å². The second-order valence-electron chi connectivity index (χ2n) is 5.39. The molecular formula is C17H22ClNO3. The molecule has 5 heteroatoms. The molecule has 22 heavy (non-hydrogen) atoms. The Balaban J connectivity index is 2.54. The van der Waals surface area contributed by atoms with Gasteiger partial charge in [0.2, 0.25) is 0 Å². The third-order valence-electron chi connectivity index (χ3n) is 3.89. The van der Waals surface area contributed by atoms with Crippen LogP contribution in [0.1, 0.15) is 37.3 Å². The van der Waals surface area contributed by atoms with E-state index in [-0.39, 0.29) is 5.75 Å². The van der Waals surface area contributed by atoms with Gasteiger partial charge in [0, 0.05) is 12.1 Å². The lowest BCUT2D eigenvalue weighted by atomic mass is 9.99. The molecule has 2 rings (SSSR count). The average Bonchev–Trinajstić information content (AvgIpc) is 2.50. The highest BCUT2D eigenvalue weighted by molar-refractivity contribution is 6.33. The van der Waals surface area contributed by atoms with Crippen LogP contribution in [-0.4, -0.2) is 24.9 Å². The van der Waals surface area contributed by atoms with Crippen molar-refractivity contribution < 1.29 is 14.6 Å². The monoisotopic (exact) mass is 323 g/mol. The van der Waals surface area contributed by atoms with Gasteiger partial charge in [0.05, 0.1) is 17.8 Å². The first-order valence-electron chi connectivity index (χ1n) is 7.63. The van der Waals surface area contributed by atoms with Gasteiger partial charge in [0.1, 0.15) is 5.75 Å². The number of aromatic hydroxyl groups is 1. The van der Waals surface area contributed by atoms with E-state index in [1.165, 1.54) is 7.11 Å². The molecule has 4 nitrogen and oxygen atoms in total. The number of ether oxygens (including phenoxy) is 1. The van der Waals surface area contributed by atoms with Crippen molar-refractivity contribution in [1.82, 2.24) is 0 Å². The van der Waals surface area contributed by atoms with Crippen molar-refractivity contribution in [3.8, 4) is 5.75 Å². The summed E-state index contributed by atoms with van der Waals surface area (Å²) in [5.74, 6) is 0.0747. The van der Waals surface area contributed by atoms with Crippen molar-refractivity contribution >= 4 is 23.4 Å². The molecule has 0 saturated carbocycles. The fraction of sp³-hybridized carbons (Fsp3) is 0.471. The Bertz CT molecular complexity index is 584. The van der Waals surface area contributed by atoms with Crippen molar-refractivity contribution in [2.45, 2.75) is 39.0 Å². The molecule has 1 amide bonds. The second-order valence-corrected chi connectivity index (χ2v) is 5.76. The number of phenols is 1. The Morgan fingerprint density at radius 3 is 2.91 bits per heavy atom. The van der Waals surface area contributed by atoms with Crippen LogP contribution >= 0.6 is 11.6 Å². The fourth-order valence-corrected chi connectivity index (χ4v) is 2.92. The zero-order valence-corrected chi connectivity index (χ0v) is 13.8. The van der Waals surface area contributed by atoms with Crippen molar-refractivity contribution in [2.24, 2.45) is 0 Å². The predicted molar refractivity (Wildman–Crippen MR) is 88.9 cm³/mol. The minimum absolute atomic E-state index is 0.0747. The summed E-state index contributed by atoms with van der Waals surface area (Å²) in [4.78, 5) is 13.7. The molecule has 0 aliphatic carbocycles. The Labute approximate surface area is 136 Å². The summed E-state index contributed by atoms with van der Waals surface area (Å²) in [5, 5.41) is 10.9. The third-order valence-corrected chi connectivity index (χ3v) is 4.31. The van der Waals surface area contributed by atoms with E-state index in [4.69, 9.17) is 16.3 Å². The summed E-state index contributed by atoms with van der Waals surface area (Å²) >= 11 is 6.31. The maximum atomic E-state index is 12.1. The van der Waals surface area contributed by atoms with E-state index in [0.29, 0.717) is 29.2 Å². The number of carbonyl (C=O) groups excluding carboxylic acids is 1. The molecule has 0 fully saturated rings. The molecule has 1 aromatic carbocycles. The number of methoxy groups -OCH3 is 1. The van der Waals surface area contributed by atoms with E-state index in [2.05, 4.69) is 6.92 Å². The molecule has 0 radical (unpaired) electrons. The highest BCUT2D eigenvalue weighted by Gasteiger charge is 2.24. The topological polar surface area (TPSA) is 49.8 Å². The van der Waals surface area contributed by atoms with Crippen LogP contribution in [0.25, 0.3) is 0 Å². The molecule has 0 atom stereocenters. The maximum absolute atomic E-state index is 12.1. The van der Waals surface area contributed by atoms with Crippen molar-refractivity contribution in [2.75, 3.05) is 18.6 Å². The Kier molecular flexibility index (Phi) is 5.72. The van der Waals surface area contributed by atoms with Gasteiger partial charge in [-0.15, -0.1) is 0 Å². The van der Waals surface area contributed by atoms with Gasteiger partial charge in [0.25, 0.3) is 0 Å². The van der Waals surface area contributed by atoms with Gasteiger partial charge in [-0.2, -0.15) is 0 Å². The molecule has 1 heterocycles. The van der Waals surface area contributed by atoms with Crippen LogP contribution in [0, 0.1) is 0 Å². The van der Waals surface area contributed by atoms with Gasteiger partial charge >= 0.3 is 6.09 Å². The lowest BCUT2D eigenvalue weighted by Gasteiger charge is -2.26. The number of fused-ring (bicyclic) bond motifs is 1. The second kappa shape index (κ2) is 7.54. The molecule has 0 bridgehead atoms. The SMILES string of the molecule is CCCCc1cc2c(c(O)c1Cl)C/C=C\CCN2C(=O)OC. The zero-order chi connectivity index (χ0) is 16.1. The number of halogens is 1. The Hall–Kier alpha value is -1.68. The van der Waals surface area contributed by atoms with Crippen molar-refractivity contribution in [3.63, 3.8) is 0 Å². The largest absolute Gasteiger partial charge is 0.506 e. The molecule has 0 saturated heterocycles. The van der Waals surface area contributed by atoms with E-state index in [1.54, 1.807) is 4.90 Å². The summed E-state index contributed by atoms with van der Waals surface area (Å²) in [5.41, 5.74) is 2.24. The first-order valence-corrected chi connectivity index (χ1v) is 8.01. The lowest BCUT2D eigenvalue weighted by molar-refractivity contribution is 0.178. The van der Waals surface area contributed by atoms with Crippen LogP contribution in [0.3, 0.4) is 0 Å². The molecule has 0 aromatic heterocycles. The average molecular weight is 324 g/mol. The Morgan fingerprint density at radius 1 is 1.45 bits per heavy atom. The number of allylic oxidation sites excluding steroid dienone is 1. The van der Waals surface area contributed by atoms with E-state index in [9.17, 15) is 9.90 Å². The number of hydrogen-bond donors (Lipinski definition) is 1. The molecule has 0 unspecified atom stereocenters. The van der Waals surface area contributed by atoms with Gasteiger partial charge < -0.3 is 9.84 Å². The summed E-state index contributed by atoms with van der Waals surface area (Å²) in [6.45, 7) is 2.62. The number of carbonyl (C=O) groups is 1.